The molecule has 2 aromatic heterocycles. The highest BCUT2D eigenvalue weighted by Crippen LogP contribution is 2.33. The molecule has 1 saturated heterocycles. The molecule has 3 aromatic rings. The van der Waals surface area contributed by atoms with Gasteiger partial charge in [-0.1, -0.05) is 49.3 Å². The molecule has 5 nitrogen and oxygen atoms in total. The third-order valence-electron chi connectivity index (χ3n) is 4.92. The maximum atomic E-state index is 5.54. The van der Waals surface area contributed by atoms with Gasteiger partial charge >= 0.3 is 0 Å². The van der Waals surface area contributed by atoms with E-state index in [2.05, 4.69) is 58.1 Å². The van der Waals surface area contributed by atoms with Crippen LogP contribution in [-0.4, -0.2) is 26.6 Å². The van der Waals surface area contributed by atoms with Crippen molar-refractivity contribution in [2.24, 2.45) is 0 Å². The largest absolute Gasteiger partial charge is 0.338 e. The Morgan fingerprint density at radius 3 is 2.69 bits per heavy atom. The number of hydrogen-bond acceptors (Lipinski definition) is 5. The number of aromatic nitrogens is 3. The minimum absolute atomic E-state index is 0.227. The van der Waals surface area contributed by atoms with Crippen molar-refractivity contribution in [2.45, 2.75) is 45.2 Å². The summed E-state index contributed by atoms with van der Waals surface area (Å²) in [6.07, 6.45) is 4.07. The lowest BCUT2D eigenvalue weighted by molar-refractivity contribution is 0.201. The van der Waals surface area contributed by atoms with Crippen LogP contribution in [0.25, 0.3) is 11.3 Å². The van der Waals surface area contributed by atoms with Gasteiger partial charge in [0.1, 0.15) is 0 Å². The molecule has 5 heteroatoms. The van der Waals surface area contributed by atoms with E-state index in [1.165, 1.54) is 5.56 Å². The van der Waals surface area contributed by atoms with Gasteiger partial charge in [0.05, 0.1) is 11.7 Å². The highest BCUT2D eigenvalue weighted by molar-refractivity contribution is 5.58. The fourth-order valence-corrected chi connectivity index (χ4v) is 3.46. The average molecular weight is 348 g/mol. The second kappa shape index (κ2) is 7.38. The van der Waals surface area contributed by atoms with E-state index in [1.54, 1.807) is 0 Å². The smallest absolute Gasteiger partial charge is 0.244 e. The molecule has 1 fully saturated rings. The number of likely N-dealkylation sites (tertiary alicyclic amines) is 1. The zero-order chi connectivity index (χ0) is 17.9. The van der Waals surface area contributed by atoms with Crippen molar-refractivity contribution in [1.82, 2.24) is 20.0 Å². The van der Waals surface area contributed by atoms with Gasteiger partial charge in [0.15, 0.2) is 5.82 Å². The van der Waals surface area contributed by atoms with Gasteiger partial charge in [-0.3, -0.25) is 9.88 Å². The normalized spacial score (nSPS) is 17.9. The maximum absolute atomic E-state index is 5.54. The topological polar surface area (TPSA) is 55.1 Å². The van der Waals surface area contributed by atoms with Gasteiger partial charge in [0.25, 0.3) is 0 Å². The van der Waals surface area contributed by atoms with Crippen LogP contribution in [0.2, 0.25) is 0 Å². The molecule has 0 radical (unpaired) electrons. The summed E-state index contributed by atoms with van der Waals surface area (Å²) in [5.41, 5.74) is 3.44. The van der Waals surface area contributed by atoms with Crippen molar-refractivity contribution in [1.29, 1.82) is 0 Å². The van der Waals surface area contributed by atoms with Crippen LogP contribution in [0.3, 0.4) is 0 Å². The first-order valence-corrected chi connectivity index (χ1v) is 9.28. The van der Waals surface area contributed by atoms with E-state index in [9.17, 15) is 0 Å². The van der Waals surface area contributed by atoms with Crippen molar-refractivity contribution in [3.8, 4) is 11.3 Å². The van der Waals surface area contributed by atoms with Crippen LogP contribution < -0.4 is 0 Å². The van der Waals surface area contributed by atoms with Crippen molar-refractivity contribution >= 4 is 0 Å². The fourth-order valence-electron chi connectivity index (χ4n) is 3.46. The molecule has 1 atom stereocenters. The summed E-state index contributed by atoms with van der Waals surface area (Å²) in [4.78, 5) is 11.5. The van der Waals surface area contributed by atoms with Gasteiger partial charge in [-0.15, -0.1) is 0 Å². The third-order valence-corrected chi connectivity index (χ3v) is 4.92. The first kappa shape index (κ1) is 16.9. The van der Waals surface area contributed by atoms with E-state index in [1.807, 2.05) is 24.4 Å². The Morgan fingerprint density at radius 2 is 2.00 bits per heavy atom. The number of rotatable bonds is 5. The lowest BCUT2D eigenvalue weighted by Gasteiger charge is -2.21. The third kappa shape index (κ3) is 3.53. The molecule has 134 valence electrons. The van der Waals surface area contributed by atoms with Gasteiger partial charge in [-0.05, 0) is 37.1 Å². The van der Waals surface area contributed by atoms with E-state index in [0.717, 1.165) is 48.9 Å². The van der Waals surface area contributed by atoms with Crippen LogP contribution in [-0.2, 0) is 6.54 Å². The van der Waals surface area contributed by atoms with E-state index in [4.69, 9.17) is 4.52 Å². The summed E-state index contributed by atoms with van der Waals surface area (Å²) in [6, 6.07) is 14.9. The SMILES string of the molecule is CC(C)c1noc([C@H]2CCCN2Cc2ccc(-c3ccccn3)cc2)n1. The summed E-state index contributed by atoms with van der Waals surface area (Å²) in [6.45, 7) is 6.13. The Morgan fingerprint density at radius 1 is 1.15 bits per heavy atom. The van der Waals surface area contributed by atoms with Gasteiger partial charge in [-0.2, -0.15) is 4.98 Å². The van der Waals surface area contributed by atoms with E-state index in [-0.39, 0.29) is 6.04 Å². The first-order chi connectivity index (χ1) is 12.7. The van der Waals surface area contributed by atoms with Crippen LogP contribution >= 0.6 is 0 Å². The molecule has 0 N–H and O–H groups in total. The summed E-state index contributed by atoms with van der Waals surface area (Å²) < 4.78 is 5.54. The van der Waals surface area contributed by atoms with Crippen molar-refractivity contribution in [3.63, 3.8) is 0 Å². The van der Waals surface area contributed by atoms with Gasteiger partial charge in [0.2, 0.25) is 5.89 Å². The molecule has 4 rings (SSSR count). The lowest BCUT2D eigenvalue weighted by atomic mass is 10.1. The Balaban J connectivity index is 1.47. The van der Waals surface area contributed by atoms with Crippen LogP contribution in [0, 0.1) is 0 Å². The maximum Gasteiger partial charge on any atom is 0.244 e. The molecule has 3 heterocycles. The zero-order valence-electron chi connectivity index (χ0n) is 15.3. The highest BCUT2D eigenvalue weighted by atomic mass is 16.5. The first-order valence-electron chi connectivity index (χ1n) is 9.28. The van der Waals surface area contributed by atoms with Gasteiger partial charge in [-0.25, -0.2) is 0 Å². The number of pyridine rings is 1. The van der Waals surface area contributed by atoms with Crippen molar-refractivity contribution in [2.75, 3.05) is 6.54 Å². The van der Waals surface area contributed by atoms with E-state index in [0.29, 0.717) is 5.92 Å². The summed E-state index contributed by atoms with van der Waals surface area (Å²) in [5, 5.41) is 4.13. The molecule has 0 amide bonds. The van der Waals surface area contributed by atoms with Crippen LogP contribution in [0.1, 0.15) is 55.9 Å². The molecule has 1 aliphatic rings. The Hall–Kier alpha value is -2.53. The molecule has 0 spiro atoms. The van der Waals surface area contributed by atoms with E-state index < -0.39 is 0 Å². The zero-order valence-corrected chi connectivity index (χ0v) is 15.3. The Labute approximate surface area is 154 Å². The second-order valence-electron chi connectivity index (χ2n) is 7.19. The van der Waals surface area contributed by atoms with E-state index >= 15 is 0 Å². The molecule has 1 aromatic carbocycles. The lowest BCUT2D eigenvalue weighted by Crippen LogP contribution is -2.23. The average Bonchev–Trinajstić information content (AvgIpc) is 3.32. The fraction of sp³-hybridized carbons (Fsp3) is 0.381. The van der Waals surface area contributed by atoms with Crippen LogP contribution in [0.15, 0.2) is 53.2 Å². The summed E-state index contributed by atoms with van der Waals surface area (Å²) >= 11 is 0. The number of nitrogens with zero attached hydrogens (tertiary/aromatic N) is 4. The summed E-state index contributed by atoms with van der Waals surface area (Å²) in [7, 11) is 0. The van der Waals surface area contributed by atoms with Gasteiger partial charge in [0, 0.05) is 24.2 Å². The highest BCUT2D eigenvalue weighted by Gasteiger charge is 2.30. The molecule has 0 unspecified atom stereocenters. The molecule has 0 aliphatic carbocycles. The summed E-state index contributed by atoms with van der Waals surface area (Å²) in [5.74, 6) is 1.85. The Kier molecular flexibility index (Phi) is 4.80. The van der Waals surface area contributed by atoms with Crippen LogP contribution in [0.5, 0.6) is 0 Å². The molecular weight excluding hydrogens is 324 g/mol. The molecule has 0 saturated carbocycles. The minimum Gasteiger partial charge on any atom is -0.338 e. The molecular formula is C21H24N4O. The standard InChI is InChI=1S/C21H24N4O/c1-15(2)20-23-21(26-24-20)19-7-5-13-25(19)14-16-8-10-17(11-9-16)18-6-3-4-12-22-18/h3-4,6,8-12,15,19H,5,7,13-14H2,1-2H3/t19-/m1/s1. The minimum atomic E-state index is 0.227. The monoisotopic (exact) mass is 348 g/mol. The predicted molar refractivity (Wildman–Crippen MR) is 100 cm³/mol. The van der Waals surface area contributed by atoms with Crippen molar-refractivity contribution in [3.05, 3.63) is 65.9 Å². The number of hydrogen-bond donors (Lipinski definition) is 0. The molecule has 26 heavy (non-hydrogen) atoms. The molecule has 1 aliphatic heterocycles. The van der Waals surface area contributed by atoms with Gasteiger partial charge < -0.3 is 4.52 Å². The Bertz CT molecular complexity index is 842. The quantitative estimate of drug-likeness (QED) is 0.675. The van der Waals surface area contributed by atoms with Crippen molar-refractivity contribution < 1.29 is 4.52 Å². The van der Waals surface area contributed by atoms with Crippen LogP contribution in [0.4, 0.5) is 0 Å². The molecule has 0 bridgehead atoms. The number of benzene rings is 1. The predicted octanol–water partition coefficient (Wildman–Crippen LogP) is 4.59. The second-order valence-corrected chi connectivity index (χ2v) is 7.19.